The van der Waals surface area contributed by atoms with Gasteiger partial charge in [0.15, 0.2) is 0 Å². The third-order valence-electron chi connectivity index (χ3n) is 3.05. The first-order valence-electron chi connectivity index (χ1n) is 5.12. The molecule has 0 spiro atoms. The lowest BCUT2D eigenvalue weighted by Crippen LogP contribution is -2.33. The molecule has 2 unspecified atom stereocenters. The zero-order valence-corrected chi connectivity index (χ0v) is 9.56. The molecule has 0 aliphatic carbocycles. The summed E-state index contributed by atoms with van der Waals surface area (Å²) in [6.45, 7) is 2.12. The highest BCUT2D eigenvalue weighted by Gasteiger charge is 2.37. The van der Waals surface area contributed by atoms with E-state index in [0.717, 1.165) is 12.2 Å². The van der Waals surface area contributed by atoms with Crippen LogP contribution in [0.5, 0.6) is 0 Å². The van der Waals surface area contributed by atoms with Crippen LogP contribution in [0.15, 0.2) is 18.5 Å². The maximum Gasteiger partial charge on any atom is 0.146 e. The second-order valence-corrected chi connectivity index (χ2v) is 5.77. The molecule has 15 heavy (non-hydrogen) atoms. The monoisotopic (exact) mass is 226 g/mol. The summed E-state index contributed by atoms with van der Waals surface area (Å²) in [6, 6.07) is 1.44. The number of hydrogen-bond acceptors (Lipinski definition) is 3. The quantitative estimate of drug-likeness (QED) is 0.842. The molecule has 4 heteroatoms. The molecule has 2 heterocycles. The molecule has 2 N–H and O–H groups in total. The van der Waals surface area contributed by atoms with Gasteiger partial charge in [-0.1, -0.05) is 0 Å². The van der Waals surface area contributed by atoms with Gasteiger partial charge in [-0.25, -0.2) is 4.39 Å². The van der Waals surface area contributed by atoms with Gasteiger partial charge in [0.2, 0.25) is 0 Å². The van der Waals surface area contributed by atoms with E-state index in [1.807, 2.05) is 11.8 Å². The highest BCUT2D eigenvalue weighted by Crippen LogP contribution is 2.45. The fourth-order valence-corrected chi connectivity index (χ4v) is 3.36. The smallest absolute Gasteiger partial charge is 0.146 e. The third-order valence-corrected chi connectivity index (χ3v) is 4.66. The highest BCUT2D eigenvalue weighted by atomic mass is 32.2. The van der Waals surface area contributed by atoms with Gasteiger partial charge in [0.25, 0.3) is 0 Å². The van der Waals surface area contributed by atoms with Gasteiger partial charge in [-0.15, -0.1) is 0 Å². The lowest BCUT2D eigenvalue weighted by molar-refractivity contribution is 0.477. The minimum absolute atomic E-state index is 0.0256. The minimum atomic E-state index is -0.293. The van der Waals surface area contributed by atoms with Crippen molar-refractivity contribution in [2.45, 2.75) is 30.6 Å². The first-order valence-corrected chi connectivity index (χ1v) is 6.11. The maximum atomic E-state index is 13.5. The molecule has 1 aromatic heterocycles. The Kier molecular flexibility index (Phi) is 2.98. The van der Waals surface area contributed by atoms with E-state index in [-0.39, 0.29) is 16.6 Å². The molecule has 2 nitrogen and oxygen atoms in total. The minimum Gasteiger partial charge on any atom is -0.323 e. The van der Waals surface area contributed by atoms with Crippen molar-refractivity contribution in [2.24, 2.45) is 5.73 Å². The lowest BCUT2D eigenvalue weighted by atomic mass is 9.91. The number of halogens is 1. The lowest BCUT2D eigenvalue weighted by Gasteiger charge is -2.30. The SMILES string of the molecule is CC1(C(N)c2ccncc2F)CCCS1. The second kappa shape index (κ2) is 4.10. The van der Waals surface area contributed by atoms with Crippen LogP contribution in [0.4, 0.5) is 4.39 Å². The fraction of sp³-hybridized carbons (Fsp3) is 0.545. The van der Waals surface area contributed by atoms with E-state index < -0.39 is 0 Å². The van der Waals surface area contributed by atoms with Crippen LogP contribution in [-0.4, -0.2) is 15.5 Å². The molecule has 0 aromatic carbocycles. The number of rotatable bonds is 2. The van der Waals surface area contributed by atoms with Crippen molar-refractivity contribution in [3.8, 4) is 0 Å². The Bertz CT molecular complexity index is 350. The van der Waals surface area contributed by atoms with E-state index in [2.05, 4.69) is 11.9 Å². The van der Waals surface area contributed by atoms with Crippen LogP contribution >= 0.6 is 11.8 Å². The summed E-state index contributed by atoms with van der Waals surface area (Å²) in [5.74, 6) is 0.829. The largest absolute Gasteiger partial charge is 0.323 e. The number of thioether (sulfide) groups is 1. The van der Waals surface area contributed by atoms with Gasteiger partial charge in [0, 0.05) is 22.5 Å². The molecule has 1 aliphatic rings. The van der Waals surface area contributed by atoms with Gasteiger partial charge >= 0.3 is 0 Å². The Morgan fingerprint density at radius 3 is 3.07 bits per heavy atom. The summed E-state index contributed by atoms with van der Waals surface area (Å²) in [5.41, 5.74) is 6.73. The van der Waals surface area contributed by atoms with Gasteiger partial charge in [0.1, 0.15) is 5.82 Å². The van der Waals surface area contributed by atoms with Crippen LogP contribution in [0.25, 0.3) is 0 Å². The van der Waals surface area contributed by atoms with Crippen LogP contribution in [0, 0.1) is 5.82 Å². The second-order valence-electron chi connectivity index (χ2n) is 4.14. The van der Waals surface area contributed by atoms with Gasteiger partial charge < -0.3 is 5.73 Å². The first kappa shape index (κ1) is 10.9. The molecule has 0 amide bonds. The van der Waals surface area contributed by atoms with Crippen LogP contribution in [-0.2, 0) is 0 Å². The zero-order valence-electron chi connectivity index (χ0n) is 8.74. The van der Waals surface area contributed by atoms with E-state index in [4.69, 9.17) is 5.73 Å². The molecule has 1 fully saturated rings. The van der Waals surface area contributed by atoms with Crippen LogP contribution in [0.3, 0.4) is 0 Å². The molecule has 0 bridgehead atoms. The molecule has 0 saturated carbocycles. The summed E-state index contributed by atoms with van der Waals surface area (Å²) < 4.78 is 13.5. The zero-order chi connectivity index (χ0) is 10.9. The number of nitrogens with two attached hydrogens (primary N) is 1. The molecule has 2 rings (SSSR count). The van der Waals surface area contributed by atoms with Crippen molar-refractivity contribution < 1.29 is 4.39 Å². The molecule has 82 valence electrons. The van der Waals surface area contributed by atoms with E-state index in [1.165, 1.54) is 12.6 Å². The van der Waals surface area contributed by atoms with Crippen molar-refractivity contribution in [3.63, 3.8) is 0 Å². The summed E-state index contributed by atoms with van der Waals surface area (Å²) in [7, 11) is 0. The summed E-state index contributed by atoms with van der Waals surface area (Å²) in [6.07, 6.45) is 5.06. The summed E-state index contributed by atoms with van der Waals surface area (Å²) in [4.78, 5) is 3.74. The van der Waals surface area contributed by atoms with Crippen LogP contribution < -0.4 is 5.73 Å². The molecule has 1 aromatic rings. The standard InChI is InChI=1S/C11H15FN2S/c1-11(4-2-6-15-11)10(13)8-3-5-14-7-9(8)12/h3,5,7,10H,2,4,6,13H2,1H3. The van der Waals surface area contributed by atoms with Crippen LogP contribution in [0.2, 0.25) is 0 Å². The van der Waals surface area contributed by atoms with Crippen molar-refractivity contribution in [2.75, 3.05) is 5.75 Å². The van der Waals surface area contributed by atoms with Crippen molar-refractivity contribution in [3.05, 3.63) is 29.8 Å². The van der Waals surface area contributed by atoms with E-state index in [9.17, 15) is 4.39 Å². The van der Waals surface area contributed by atoms with Crippen LogP contribution in [0.1, 0.15) is 31.4 Å². The third kappa shape index (κ3) is 2.01. The molecule has 1 saturated heterocycles. The summed E-state index contributed by atoms with van der Waals surface area (Å²) in [5, 5.41) is 0. The Morgan fingerprint density at radius 1 is 1.67 bits per heavy atom. The van der Waals surface area contributed by atoms with E-state index in [0.29, 0.717) is 5.56 Å². The van der Waals surface area contributed by atoms with Gasteiger partial charge in [0.05, 0.1) is 6.20 Å². The Balaban J connectivity index is 2.27. The van der Waals surface area contributed by atoms with Crippen molar-refractivity contribution in [1.82, 2.24) is 4.98 Å². The maximum absolute atomic E-state index is 13.5. The van der Waals surface area contributed by atoms with Gasteiger partial charge in [-0.2, -0.15) is 11.8 Å². The topological polar surface area (TPSA) is 38.9 Å². The molecule has 0 radical (unpaired) electrons. The normalized spacial score (nSPS) is 27.9. The predicted octanol–water partition coefficient (Wildman–Crippen LogP) is 2.51. The molecule has 1 aliphatic heterocycles. The fourth-order valence-electron chi connectivity index (χ4n) is 2.01. The van der Waals surface area contributed by atoms with Gasteiger partial charge in [-0.3, -0.25) is 4.98 Å². The number of aromatic nitrogens is 1. The predicted molar refractivity (Wildman–Crippen MR) is 61.2 cm³/mol. The Labute approximate surface area is 93.5 Å². The molecule has 2 atom stereocenters. The van der Waals surface area contributed by atoms with Crippen molar-refractivity contribution >= 4 is 11.8 Å². The Morgan fingerprint density at radius 2 is 2.47 bits per heavy atom. The highest BCUT2D eigenvalue weighted by molar-refractivity contribution is 8.00. The average Bonchev–Trinajstić information content (AvgIpc) is 2.66. The number of hydrogen-bond donors (Lipinski definition) is 1. The Hall–Kier alpha value is -0.610. The van der Waals surface area contributed by atoms with Crippen molar-refractivity contribution in [1.29, 1.82) is 0 Å². The number of nitrogens with zero attached hydrogens (tertiary/aromatic N) is 1. The summed E-state index contributed by atoms with van der Waals surface area (Å²) >= 11 is 1.84. The molecular formula is C11H15FN2S. The van der Waals surface area contributed by atoms with E-state index >= 15 is 0 Å². The van der Waals surface area contributed by atoms with Gasteiger partial charge in [-0.05, 0) is 31.6 Å². The first-order chi connectivity index (χ1) is 7.13. The van der Waals surface area contributed by atoms with E-state index in [1.54, 1.807) is 12.3 Å². The average molecular weight is 226 g/mol. The molecular weight excluding hydrogens is 211 g/mol. The number of pyridine rings is 1.